The van der Waals surface area contributed by atoms with Crippen LogP contribution in [0, 0.1) is 5.82 Å². The van der Waals surface area contributed by atoms with Gasteiger partial charge in [0.25, 0.3) is 0 Å². The topological polar surface area (TPSA) is 66.5 Å². The van der Waals surface area contributed by atoms with Crippen molar-refractivity contribution in [3.05, 3.63) is 23.5 Å². The van der Waals surface area contributed by atoms with E-state index in [9.17, 15) is 9.50 Å². The predicted molar refractivity (Wildman–Crippen MR) is 49.4 cm³/mol. The third-order valence-corrected chi connectivity index (χ3v) is 2.86. The van der Waals surface area contributed by atoms with Gasteiger partial charge in [-0.3, -0.25) is 0 Å². The summed E-state index contributed by atoms with van der Waals surface area (Å²) in [5.74, 6) is -1.98. The second kappa shape index (κ2) is 2.85. The van der Waals surface area contributed by atoms with Crippen LogP contribution in [0.2, 0.25) is 0 Å². The standard InChI is InChI=1S/C10H12FNO2/c11-7-4-6(5-8(13)9(7)14)10(12)2-1-3-10/h4-5,13-14H,1-3,12H2. The maximum atomic E-state index is 13.1. The van der Waals surface area contributed by atoms with E-state index < -0.39 is 22.9 Å². The van der Waals surface area contributed by atoms with Gasteiger partial charge in [0.05, 0.1) is 0 Å². The second-order valence-electron chi connectivity index (χ2n) is 3.84. The first-order chi connectivity index (χ1) is 6.53. The molecule has 0 saturated heterocycles. The van der Waals surface area contributed by atoms with Gasteiger partial charge in [0.15, 0.2) is 17.3 Å². The molecule has 4 N–H and O–H groups in total. The molecule has 76 valence electrons. The van der Waals surface area contributed by atoms with E-state index >= 15 is 0 Å². The molecule has 1 aliphatic carbocycles. The molecule has 0 spiro atoms. The summed E-state index contributed by atoms with van der Waals surface area (Å²) in [6.07, 6.45) is 2.59. The molecule has 0 atom stereocenters. The van der Waals surface area contributed by atoms with Crippen LogP contribution in [0.3, 0.4) is 0 Å². The quantitative estimate of drug-likeness (QED) is 0.599. The van der Waals surface area contributed by atoms with E-state index in [0.717, 1.165) is 19.3 Å². The van der Waals surface area contributed by atoms with Crippen molar-refractivity contribution in [1.29, 1.82) is 0 Å². The van der Waals surface area contributed by atoms with Gasteiger partial charge in [0.1, 0.15) is 0 Å². The minimum Gasteiger partial charge on any atom is -0.504 e. The Balaban J connectivity index is 2.45. The maximum absolute atomic E-state index is 13.1. The highest BCUT2D eigenvalue weighted by molar-refractivity contribution is 5.44. The van der Waals surface area contributed by atoms with Crippen LogP contribution in [0.15, 0.2) is 12.1 Å². The molecule has 3 nitrogen and oxygen atoms in total. The number of rotatable bonds is 1. The zero-order valence-corrected chi connectivity index (χ0v) is 7.63. The fourth-order valence-corrected chi connectivity index (χ4v) is 1.72. The Labute approximate surface area is 81.0 Å². The molecule has 1 aliphatic rings. The monoisotopic (exact) mass is 197 g/mol. The molecule has 0 bridgehead atoms. The largest absolute Gasteiger partial charge is 0.504 e. The Bertz CT molecular complexity index is 351. The molecular weight excluding hydrogens is 185 g/mol. The molecule has 1 aromatic rings. The number of phenolic OH excluding ortho intramolecular Hbond substituents is 2. The zero-order valence-electron chi connectivity index (χ0n) is 7.63. The number of halogens is 1. The average Bonchev–Trinajstić information content (AvgIpc) is 2.09. The first-order valence-corrected chi connectivity index (χ1v) is 4.54. The molecule has 4 heteroatoms. The van der Waals surface area contributed by atoms with E-state index in [1.54, 1.807) is 0 Å². The Morgan fingerprint density at radius 1 is 1.29 bits per heavy atom. The predicted octanol–water partition coefficient (Wildman–Crippen LogP) is 1.57. The van der Waals surface area contributed by atoms with E-state index in [0.29, 0.717) is 5.56 Å². The summed E-state index contributed by atoms with van der Waals surface area (Å²) in [6, 6.07) is 2.52. The van der Waals surface area contributed by atoms with E-state index in [4.69, 9.17) is 10.8 Å². The van der Waals surface area contributed by atoms with Crippen LogP contribution < -0.4 is 5.73 Å². The molecule has 0 unspecified atom stereocenters. The van der Waals surface area contributed by atoms with Gasteiger partial charge in [-0.2, -0.15) is 0 Å². The summed E-state index contributed by atoms with van der Waals surface area (Å²) in [5.41, 5.74) is 5.98. The van der Waals surface area contributed by atoms with E-state index in [2.05, 4.69) is 0 Å². The summed E-state index contributed by atoms with van der Waals surface area (Å²) in [7, 11) is 0. The van der Waals surface area contributed by atoms with Gasteiger partial charge in [-0.05, 0) is 37.0 Å². The first kappa shape index (κ1) is 9.27. The Kier molecular flexibility index (Phi) is 1.89. The lowest BCUT2D eigenvalue weighted by atomic mass is 9.73. The lowest BCUT2D eigenvalue weighted by Gasteiger charge is -2.38. The first-order valence-electron chi connectivity index (χ1n) is 4.54. The maximum Gasteiger partial charge on any atom is 0.194 e. The average molecular weight is 197 g/mol. The van der Waals surface area contributed by atoms with Crippen molar-refractivity contribution in [2.24, 2.45) is 5.73 Å². The Morgan fingerprint density at radius 2 is 1.93 bits per heavy atom. The Hall–Kier alpha value is -1.29. The van der Waals surface area contributed by atoms with Crippen LogP contribution in [-0.4, -0.2) is 10.2 Å². The van der Waals surface area contributed by atoms with Crippen LogP contribution in [0.5, 0.6) is 11.5 Å². The van der Waals surface area contributed by atoms with Gasteiger partial charge in [-0.25, -0.2) is 4.39 Å². The van der Waals surface area contributed by atoms with Crippen LogP contribution in [0.1, 0.15) is 24.8 Å². The van der Waals surface area contributed by atoms with Gasteiger partial charge in [-0.15, -0.1) is 0 Å². The summed E-state index contributed by atoms with van der Waals surface area (Å²) in [4.78, 5) is 0. The molecule has 0 aromatic heterocycles. The summed E-state index contributed by atoms with van der Waals surface area (Å²) >= 11 is 0. The third kappa shape index (κ3) is 1.23. The van der Waals surface area contributed by atoms with Crippen molar-refractivity contribution in [3.8, 4) is 11.5 Å². The summed E-state index contributed by atoms with van der Waals surface area (Å²) in [6.45, 7) is 0. The van der Waals surface area contributed by atoms with Gasteiger partial charge >= 0.3 is 0 Å². The molecule has 1 fully saturated rings. The number of phenols is 2. The normalized spacial score (nSPS) is 19.0. The van der Waals surface area contributed by atoms with Crippen LogP contribution in [0.4, 0.5) is 4.39 Å². The fraction of sp³-hybridized carbons (Fsp3) is 0.400. The zero-order chi connectivity index (χ0) is 10.3. The molecule has 0 aliphatic heterocycles. The molecule has 2 rings (SSSR count). The minimum absolute atomic E-state index is 0.447. The number of benzene rings is 1. The van der Waals surface area contributed by atoms with Gasteiger partial charge in [0, 0.05) is 5.54 Å². The molecule has 0 amide bonds. The van der Waals surface area contributed by atoms with Crippen molar-refractivity contribution >= 4 is 0 Å². The number of nitrogens with two attached hydrogens (primary N) is 1. The van der Waals surface area contributed by atoms with Crippen LogP contribution in [0.25, 0.3) is 0 Å². The van der Waals surface area contributed by atoms with Crippen molar-refractivity contribution < 1.29 is 14.6 Å². The molecule has 0 radical (unpaired) electrons. The fourth-order valence-electron chi connectivity index (χ4n) is 1.72. The van der Waals surface area contributed by atoms with E-state index in [-0.39, 0.29) is 0 Å². The smallest absolute Gasteiger partial charge is 0.194 e. The lowest BCUT2D eigenvalue weighted by Crippen LogP contribution is -2.43. The highest BCUT2D eigenvalue weighted by Crippen LogP contribution is 2.42. The van der Waals surface area contributed by atoms with Gasteiger partial charge in [-0.1, -0.05) is 0 Å². The number of aromatic hydroxyl groups is 2. The lowest BCUT2D eigenvalue weighted by molar-refractivity contribution is 0.251. The van der Waals surface area contributed by atoms with Crippen molar-refractivity contribution in [2.45, 2.75) is 24.8 Å². The molecule has 1 aromatic carbocycles. The van der Waals surface area contributed by atoms with Crippen LogP contribution in [-0.2, 0) is 5.54 Å². The summed E-state index contributed by atoms with van der Waals surface area (Å²) < 4.78 is 13.1. The molecule has 14 heavy (non-hydrogen) atoms. The van der Waals surface area contributed by atoms with Crippen LogP contribution >= 0.6 is 0 Å². The van der Waals surface area contributed by atoms with Gasteiger partial charge < -0.3 is 15.9 Å². The number of hydrogen-bond acceptors (Lipinski definition) is 3. The van der Waals surface area contributed by atoms with Gasteiger partial charge in [0.2, 0.25) is 0 Å². The number of hydrogen-bond donors (Lipinski definition) is 3. The highest BCUT2D eigenvalue weighted by Gasteiger charge is 2.35. The van der Waals surface area contributed by atoms with Crippen molar-refractivity contribution in [2.75, 3.05) is 0 Å². The molecular formula is C10H12FNO2. The van der Waals surface area contributed by atoms with E-state index in [1.165, 1.54) is 12.1 Å². The third-order valence-electron chi connectivity index (χ3n) is 2.86. The van der Waals surface area contributed by atoms with E-state index in [1.807, 2.05) is 0 Å². The Morgan fingerprint density at radius 3 is 2.36 bits per heavy atom. The summed E-state index contributed by atoms with van der Waals surface area (Å²) in [5, 5.41) is 18.2. The molecule has 0 heterocycles. The van der Waals surface area contributed by atoms with Crippen molar-refractivity contribution in [3.63, 3.8) is 0 Å². The molecule has 1 saturated carbocycles. The second-order valence-corrected chi connectivity index (χ2v) is 3.84. The highest BCUT2D eigenvalue weighted by atomic mass is 19.1. The minimum atomic E-state index is -0.822. The van der Waals surface area contributed by atoms with Crippen molar-refractivity contribution in [1.82, 2.24) is 0 Å². The SMILES string of the molecule is NC1(c2cc(O)c(O)c(F)c2)CCC1.